The van der Waals surface area contributed by atoms with E-state index in [1.54, 1.807) is 18.9 Å². The van der Waals surface area contributed by atoms with E-state index in [0.717, 1.165) is 17.7 Å². The maximum atomic E-state index is 12.2. The predicted molar refractivity (Wildman–Crippen MR) is 91.1 cm³/mol. The molecule has 128 valence electrons. The Bertz CT molecular complexity index is 512. The fourth-order valence-electron chi connectivity index (χ4n) is 2.22. The van der Waals surface area contributed by atoms with Crippen LogP contribution in [-0.2, 0) is 16.1 Å². The number of methoxy groups -OCH3 is 1. The SMILES string of the molecule is COc1ccc(CN(C(C)=O)[C@H](C)C(=O)NCCC(C)C)cc1. The zero-order valence-electron chi connectivity index (χ0n) is 14.8. The van der Waals surface area contributed by atoms with E-state index in [4.69, 9.17) is 4.74 Å². The van der Waals surface area contributed by atoms with Crippen LogP contribution in [0, 0.1) is 5.92 Å². The molecule has 5 nitrogen and oxygen atoms in total. The summed E-state index contributed by atoms with van der Waals surface area (Å²) in [5, 5.41) is 2.90. The highest BCUT2D eigenvalue weighted by atomic mass is 16.5. The van der Waals surface area contributed by atoms with E-state index < -0.39 is 6.04 Å². The van der Waals surface area contributed by atoms with Crippen molar-refractivity contribution < 1.29 is 14.3 Å². The molecule has 1 aromatic rings. The zero-order valence-corrected chi connectivity index (χ0v) is 14.8. The van der Waals surface area contributed by atoms with Gasteiger partial charge >= 0.3 is 0 Å². The Morgan fingerprint density at radius 1 is 1.17 bits per heavy atom. The maximum absolute atomic E-state index is 12.2. The largest absolute Gasteiger partial charge is 0.497 e. The molecule has 2 amide bonds. The van der Waals surface area contributed by atoms with Crippen LogP contribution < -0.4 is 10.1 Å². The molecule has 0 aromatic heterocycles. The fraction of sp³-hybridized carbons (Fsp3) is 0.556. The number of carbonyl (C=O) groups is 2. The molecule has 0 aliphatic rings. The molecule has 1 N–H and O–H groups in total. The Kier molecular flexibility index (Phi) is 7.59. The van der Waals surface area contributed by atoms with Gasteiger partial charge in [-0.25, -0.2) is 0 Å². The van der Waals surface area contributed by atoms with Crippen molar-refractivity contribution in [2.24, 2.45) is 5.92 Å². The minimum Gasteiger partial charge on any atom is -0.497 e. The van der Waals surface area contributed by atoms with Crippen LogP contribution in [-0.4, -0.2) is 36.4 Å². The van der Waals surface area contributed by atoms with Gasteiger partial charge < -0.3 is 15.0 Å². The first-order valence-electron chi connectivity index (χ1n) is 8.03. The van der Waals surface area contributed by atoms with Crippen molar-refractivity contribution in [1.29, 1.82) is 0 Å². The third-order valence-electron chi connectivity index (χ3n) is 3.78. The van der Waals surface area contributed by atoms with Gasteiger partial charge in [-0.1, -0.05) is 26.0 Å². The summed E-state index contributed by atoms with van der Waals surface area (Å²) in [4.78, 5) is 25.7. The molecule has 0 aliphatic heterocycles. The van der Waals surface area contributed by atoms with Gasteiger partial charge in [0.05, 0.1) is 7.11 Å². The van der Waals surface area contributed by atoms with Crippen molar-refractivity contribution >= 4 is 11.8 Å². The zero-order chi connectivity index (χ0) is 17.4. The van der Waals surface area contributed by atoms with Crippen molar-refractivity contribution in [2.45, 2.75) is 46.7 Å². The van der Waals surface area contributed by atoms with Gasteiger partial charge in [0.2, 0.25) is 11.8 Å². The minimum absolute atomic E-state index is 0.116. The van der Waals surface area contributed by atoms with Gasteiger partial charge in [0.25, 0.3) is 0 Å². The molecule has 0 spiro atoms. The van der Waals surface area contributed by atoms with Gasteiger partial charge in [0, 0.05) is 20.0 Å². The van der Waals surface area contributed by atoms with Gasteiger partial charge in [-0.05, 0) is 37.0 Å². The second-order valence-electron chi connectivity index (χ2n) is 6.14. The summed E-state index contributed by atoms with van der Waals surface area (Å²) in [5.41, 5.74) is 0.961. The standard InChI is InChI=1S/C18H28N2O3/c1-13(2)10-11-19-18(22)14(3)20(15(4)21)12-16-6-8-17(23-5)9-7-16/h6-9,13-14H,10-12H2,1-5H3,(H,19,22)/t14-/m1/s1. The van der Waals surface area contributed by atoms with Crippen molar-refractivity contribution in [3.05, 3.63) is 29.8 Å². The smallest absolute Gasteiger partial charge is 0.242 e. The van der Waals surface area contributed by atoms with E-state index >= 15 is 0 Å². The maximum Gasteiger partial charge on any atom is 0.242 e. The Labute approximate surface area is 139 Å². The van der Waals surface area contributed by atoms with Crippen molar-refractivity contribution in [2.75, 3.05) is 13.7 Å². The Morgan fingerprint density at radius 3 is 2.26 bits per heavy atom. The molecule has 1 atom stereocenters. The van der Waals surface area contributed by atoms with E-state index in [9.17, 15) is 9.59 Å². The summed E-state index contributed by atoms with van der Waals surface area (Å²) in [6.45, 7) is 8.51. The topological polar surface area (TPSA) is 58.6 Å². The predicted octanol–water partition coefficient (Wildman–Crippen LogP) is 2.59. The lowest BCUT2D eigenvalue weighted by Crippen LogP contribution is -2.47. The molecule has 1 aromatic carbocycles. The van der Waals surface area contributed by atoms with Gasteiger partial charge in [-0.2, -0.15) is 0 Å². The van der Waals surface area contributed by atoms with Gasteiger partial charge in [-0.3, -0.25) is 9.59 Å². The number of nitrogens with zero attached hydrogens (tertiary/aromatic N) is 1. The van der Waals surface area contributed by atoms with Crippen LogP contribution in [0.4, 0.5) is 0 Å². The molecule has 0 heterocycles. The molecule has 0 saturated carbocycles. The van der Waals surface area contributed by atoms with E-state index in [1.165, 1.54) is 6.92 Å². The highest BCUT2D eigenvalue weighted by molar-refractivity contribution is 5.86. The van der Waals surface area contributed by atoms with E-state index in [0.29, 0.717) is 19.0 Å². The van der Waals surface area contributed by atoms with Crippen LogP contribution in [0.1, 0.15) is 39.7 Å². The second-order valence-corrected chi connectivity index (χ2v) is 6.14. The molecule has 0 unspecified atom stereocenters. The third kappa shape index (κ3) is 6.30. The molecular weight excluding hydrogens is 292 g/mol. The molecule has 0 fully saturated rings. The lowest BCUT2D eigenvalue weighted by molar-refractivity contribution is -0.139. The first-order valence-corrected chi connectivity index (χ1v) is 8.03. The Morgan fingerprint density at radius 2 is 1.78 bits per heavy atom. The van der Waals surface area contributed by atoms with Crippen LogP contribution in [0.25, 0.3) is 0 Å². The molecule has 23 heavy (non-hydrogen) atoms. The number of rotatable bonds is 8. The minimum atomic E-state index is -0.498. The molecule has 0 radical (unpaired) electrons. The van der Waals surface area contributed by atoms with Crippen LogP contribution >= 0.6 is 0 Å². The van der Waals surface area contributed by atoms with Crippen LogP contribution in [0.3, 0.4) is 0 Å². The Hall–Kier alpha value is -2.04. The van der Waals surface area contributed by atoms with E-state index in [2.05, 4.69) is 19.2 Å². The van der Waals surface area contributed by atoms with Crippen molar-refractivity contribution in [3.63, 3.8) is 0 Å². The number of amides is 2. The molecule has 5 heteroatoms. The number of carbonyl (C=O) groups excluding carboxylic acids is 2. The monoisotopic (exact) mass is 320 g/mol. The van der Waals surface area contributed by atoms with Crippen molar-refractivity contribution in [3.8, 4) is 5.75 Å². The average Bonchev–Trinajstić information content (AvgIpc) is 2.51. The lowest BCUT2D eigenvalue weighted by atomic mass is 10.1. The van der Waals surface area contributed by atoms with Crippen LogP contribution in [0.2, 0.25) is 0 Å². The summed E-state index contributed by atoms with van der Waals surface area (Å²) in [7, 11) is 1.61. The summed E-state index contributed by atoms with van der Waals surface area (Å²) < 4.78 is 5.13. The first-order chi connectivity index (χ1) is 10.8. The molecule has 0 saturated heterocycles. The summed E-state index contributed by atoms with van der Waals surface area (Å²) in [6, 6.07) is 7.00. The third-order valence-corrected chi connectivity index (χ3v) is 3.78. The number of benzene rings is 1. The molecular formula is C18H28N2O3. The number of ether oxygens (including phenoxy) is 1. The van der Waals surface area contributed by atoms with E-state index in [1.807, 2.05) is 24.3 Å². The number of hydrogen-bond acceptors (Lipinski definition) is 3. The second kappa shape index (κ2) is 9.18. The van der Waals surface area contributed by atoms with Crippen LogP contribution in [0.15, 0.2) is 24.3 Å². The van der Waals surface area contributed by atoms with E-state index in [-0.39, 0.29) is 11.8 Å². The summed E-state index contributed by atoms with van der Waals surface area (Å²) in [5.74, 6) is 1.07. The van der Waals surface area contributed by atoms with Crippen molar-refractivity contribution in [1.82, 2.24) is 10.2 Å². The quantitative estimate of drug-likeness (QED) is 0.801. The van der Waals surface area contributed by atoms with Gasteiger partial charge in [0.15, 0.2) is 0 Å². The Balaban J connectivity index is 2.68. The first kappa shape index (κ1) is 19.0. The number of nitrogens with one attached hydrogen (secondary N) is 1. The average molecular weight is 320 g/mol. The highest BCUT2D eigenvalue weighted by Gasteiger charge is 2.23. The molecule has 0 bridgehead atoms. The number of hydrogen-bond donors (Lipinski definition) is 1. The molecule has 0 aliphatic carbocycles. The summed E-state index contributed by atoms with van der Waals surface area (Å²) >= 11 is 0. The van der Waals surface area contributed by atoms with Gasteiger partial charge in [0.1, 0.15) is 11.8 Å². The normalized spacial score (nSPS) is 11.9. The summed E-state index contributed by atoms with van der Waals surface area (Å²) in [6.07, 6.45) is 0.928. The fourth-order valence-corrected chi connectivity index (χ4v) is 2.22. The van der Waals surface area contributed by atoms with Crippen LogP contribution in [0.5, 0.6) is 5.75 Å². The highest BCUT2D eigenvalue weighted by Crippen LogP contribution is 2.14. The molecule has 1 rings (SSSR count). The van der Waals surface area contributed by atoms with Gasteiger partial charge in [-0.15, -0.1) is 0 Å². The lowest BCUT2D eigenvalue weighted by Gasteiger charge is -2.27.